The molecule has 0 aromatic carbocycles. The number of nitrogens with zero attached hydrogens (tertiary/aromatic N) is 14. The predicted molar refractivity (Wildman–Crippen MR) is 235 cm³/mol. The number of carbonyl (C=O) groups excluding carboxylic acids is 4. The van der Waals surface area contributed by atoms with E-state index < -0.39 is 27.5 Å². The number of carboxylic acid groups (broad SMARTS) is 1. The smallest absolute Gasteiger partial charge is 0.371 e. The SMILES string of the molecule is Cc1c(C(=O)N(C)C)nn(C)c1C.Cc1c(C(=O)N(C)C)nn(C)c1N.Cc1c(N)c(C(=O)N(C)C)nn1C.Cc1c([N+](=O)[O-])c(C(=O)N(C)C)[nH][n+]1C.O=C(O)c1cc([N+](=O)[O-])[nH]n1. The van der Waals surface area contributed by atoms with E-state index in [0.29, 0.717) is 34.3 Å². The summed E-state index contributed by atoms with van der Waals surface area (Å²) in [4.78, 5) is 81.6. The Hall–Kier alpha value is -8.20. The van der Waals surface area contributed by atoms with Gasteiger partial charge in [-0.2, -0.15) is 20.4 Å². The number of aromatic nitrogens is 10. The zero-order chi connectivity index (χ0) is 50.7. The van der Waals surface area contributed by atoms with Gasteiger partial charge in [0.05, 0.1) is 22.4 Å². The molecule has 356 valence electrons. The Balaban J connectivity index is 0.000000407. The van der Waals surface area contributed by atoms with Gasteiger partial charge >= 0.3 is 17.5 Å². The number of hydrogen-bond donors (Lipinski definition) is 5. The Morgan fingerprint density at radius 3 is 1.40 bits per heavy atom. The van der Waals surface area contributed by atoms with Crippen LogP contribution in [0.3, 0.4) is 0 Å². The summed E-state index contributed by atoms with van der Waals surface area (Å²) < 4.78 is 6.29. The molecular weight excluding hydrogens is 857 g/mol. The number of nitro groups is 2. The van der Waals surface area contributed by atoms with Crippen molar-refractivity contribution in [2.24, 2.45) is 28.2 Å². The number of aryl methyl sites for hydroxylation is 4. The third-order valence-corrected chi connectivity index (χ3v) is 9.32. The Labute approximate surface area is 373 Å². The summed E-state index contributed by atoms with van der Waals surface area (Å²) in [6.45, 7) is 9.07. The maximum atomic E-state index is 11.6. The summed E-state index contributed by atoms with van der Waals surface area (Å²) in [5.41, 5.74) is 16.6. The number of carboxylic acids is 1. The molecule has 0 aliphatic rings. The highest BCUT2D eigenvalue weighted by Crippen LogP contribution is 2.20. The molecule has 0 fully saturated rings. The summed E-state index contributed by atoms with van der Waals surface area (Å²) in [5, 5.41) is 49.0. The van der Waals surface area contributed by atoms with E-state index in [4.69, 9.17) is 16.6 Å². The molecule has 7 N–H and O–H groups in total. The standard InChI is InChI=1S/C9H15N3O.C8H12N4O3.2C8H14N4O.C4H3N3O4/c1-6-7(2)12(5)10-8(6)9(13)11(3)4;1-5-7(12(14)15)6(9-11(5)4)8(13)10(2)3;1-5-6(9)7(10-12(5)4)8(13)11(2)3;1-5-6(8(13)11(2)3)10-12(4)7(5)9;8-4(9)2-1-3(6-5-2)7(10)11/h1-5H3;1-4H3;2*9H2,1-4H3;1H,(H,5,6)(H,8,9)/p+1. The van der Waals surface area contributed by atoms with Crippen molar-refractivity contribution in [3.05, 3.63) is 83.0 Å². The molecule has 28 nitrogen and oxygen atoms in total. The summed E-state index contributed by atoms with van der Waals surface area (Å²) in [5.74, 6) is -1.93. The van der Waals surface area contributed by atoms with Gasteiger partial charge in [-0.3, -0.25) is 43.3 Å². The van der Waals surface area contributed by atoms with Crippen molar-refractivity contribution in [2.75, 3.05) is 67.8 Å². The lowest BCUT2D eigenvalue weighted by Gasteiger charge is -2.07. The average molecular weight is 916 g/mol. The van der Waals surface area contributed by atoms with E-state index in [1.807, 2.05) is 32.9 Å². The number of rotatable bonds is 7. The van der Waals surface area contributed by atoms with Crippen molar-refractivity contribution in [3.8, 4) is 0 Å². The van der Waals surface area contributed by atoms with Gasteiger partial charge in [0, 0.05) is 101 Å². The van der Waals surface area contributed by atoms with Crippen molar-refractivity contribution >= 4 is 52.6 Å². The number of nitrogens with two attached hydrogens (primary N) is 2. The van der Waals surface area contributed by atoms with Gasteiger partial charge in [0.25, 0.3) is 29.3 Å². The lowest BCUT2D eigenvalue weighted by Crippen LogP contribution is -2.34. The van der Waals surface area contributed by atoms with Gasteiger partial charge in [-0.15, -0.1) is 9.78 Å². The second-order valence-corrected chi connectivity index (χ2v) is 14.9. The van der Waals surface area contributed by atoms with Crippen LogP contribution in [-0.2, 0) is 28.2 Å². The van der Waals surface area contributed by atoms with Gasteiger partial charge in [-0.25, -0.2) is 4.79 Å². The van der Waals surface area contributed by atoms with Crippen molar-refractivity contribution < 1.29 is 43.6 Å². The first-order valence-electron chi connectivity index (χ1n) is 18.9. The molecule has 5 rings (SSSR count). The van der Waals surface area contributed by atoms with Gasteiger partial charge in [0.2, 0.25) is 5.69 Å². The second kappa shape index (κ2) is 22.8. The van der Waals surface area contributed by atoms with E-state index in [1.54, 1.807) is 101 Å². The van der Waals surface area contributed by atoms with E-state index in [2.05, 4.69) is 25.5 Å². The number of H-pyrrole nitrogens is 2. The van der Waals surface area contributed by atoms with E-state index >= 15 is 0 Å². The van der Waals surface area contributed by atoms with E-state index in [1.165, 1.54) is 29.0 Å². The predicted octanol–water partition coefficient (Wildman–Crippen LogP) is 0.538. The third-order valence-electron chi connectivity index (χ3n) is 9.32. The van der Waals surface area contributed by atoms with Gasteiger partial charge in [-0.1, -0.05) is 5.10 Å². The zero-order valence-corrected chi connectivity index (χ0v) is 39.6. The third kappa shape index (κ3) is 13.6. The highest BCUT2D eigenvalue weighted by molar-refractivity contribution is 5.97. The van der Waals surface area contributed by atoms with Crippen LogP contribution in [0.5, 0.6) is 0 Å². The van der Waals surface area contributed by atoms with Crippen LogP contribution in [0, 0.1) is 54.8 Å². The Morgan fingerprint density at radius 2 is 1.09 bits per heavy atom. The fourth-order valence-electron chi connectivity index (χ4n) is 4.94. The quantitative estimate of drug-likeness (QED) is 0.0845. The molecule has 5 aromatic heterocycles. The maximum absolute atomic E-state index is 11.6. The largest absolute Gasteiger partial charge is 0.476 e. The summed E-state index contributed by atoms with van der Waals surface area (Å²) >= 11 is 0. The molecule has 0 spiro atoms. The van der Waals surface area contributed by atoms with Crippen LogP contribution in [-0.4, -0.2) is 165 Å². The van der Waals surface area contributed by atoms with Crippen LogP contribution >= 0.6 is 0 Å². The molecule has 5 heterocycles. The molecule has 4 amide bonds. The summed E-state index contributed by atoms with van der Waals surface area (Å²) in [7, 11) is 20.2. The number of hydrogen-bond acceptors (Lipinski definition) is 15. The molecule has 0 atom stereocenters. The van der Waals surface area contributed by atoms with Crippen LogP contribution < -0.4 is 16.1 Å². The van der Waals surface area contributed by atoms with Crippen LogP contribution in [0.1, 0.15) is 80.7 Å². The van der Waals surface area contributed by atoms with Crippen LogP contribution in [0.2, 0.25) is 0 Å². The summed E-state index contributed by atoms with van der Waals surface area (Å²) in [6.07, 6.45) is 0. The first kappa shape index (κ1) is 54.8. The second-order valence-electron chi connectivity index (χ2n) is 14.9. The van der Waals surface area contributed by atoms with E-state index in [-0.39, 0.29) is 34.8 Å². The minimum absolute atomic E-state index is 0.00463. The van der Waals surface area contributed by atoms with Gasteiger partial charge in [-0.05, 0) is 32.6 Å². The van der Waals surface area contributed by atoms with Crippen molar-refractivity contribution in [3.63, 3.8) is 0 Å². The number of anilines is 2. The van der Waals surface area contributed by atoms with E-state index in [9.17, 15) is 44.2 Å². The molecule has 0 bridgehead atoms. The molecule has 5 aromatic rings. The first-order chi connectivity index (χ1) is 29.8. The Morgan fingerprint density at radius 1 is 0.677 bits per heavy atom. The Kier molecular flexibility index (Phi) is 19.2. The highest BCUT2D eigenvalue weighted by Gasteiger charge is 2.34. The highest BCUT2D eigenvalue weighted by atomic mass is 16.6. The number of amides is 4. The van der Waals surface area contributed by atoms with Gasteiger partial charge in [0.1, 0.15) is 5.82 Å². The number of nitrogens with one attached hydrogen (secondary N) is 2. The van der Waals surface area contributed by atoms with Crippen molar-refractivity contribution in [2.45, 2.75) is 34.6 Å². The maximum Gasteiger partial charge on any atom is 0.371 e. The number of aromatic carboxylic acids is 1. The number of nitrogen functional groups attached to an aromatic ring is 2. The average Bonchev–Trinajstić information content (AvgIpc) is 4.02. The van der Waals surface area contributed by atoms with Crippen LogP contribution in [0.15, 0.2) is 6.07 Å². The molecule has 28 heteroatoms. The van der Waals surface area contributed by atoms with Crippen LogP contribution in [0.25, 0.3) is 0 Å². The lowest BCUT2D eigenvalue weighted by atomic mass is 10.2. The monoisotopic (exact) mass is 915 g/mol. The van der Waals surface area contributed by atoms with Crippen molar-refractivity contribution in [1.29, 1.82) is 0 Å². The van der Waals surface area contributed by atoms with Crippen LogP contribution in [0.4, 0.5) is 23.0 Å². The number of aromatic amines is 2. The molecule has 65 heavy (non-hydrogen) atoms. The molecule has 0 unspecified atom stereocenters. The molecule has 0 saturated carbocycles. The molecule has 0 aliphatic heterocycles. The van der Waals surface area contributed by atoms with Crippen molar-refractivity contribution in [1.82, 2.24) is 64.2 Å². The topological polar surface area (TPSA) is 359 Å². The molecule has 0 aliphatic carbocycles. The zero-order valence-electron chi connectivity index (χ0n) is 39.6. The number of carbonyl (C=O) groups is 5. The minimum atomic E-state index is -1.30. The normalized spacial score (nSPS) is 10.0. The fraction of sp³-hybridized carbons (Fsp3) is 0.459. The Bertz CT molecular complexity index is 2360. The molecule has 0 saturated heterocycles. The lowest BCUT2D eigenvalue weighted by molar-refractivity contribution is -0.733. The minimum Gasteiger partial charge on any atom is -0.476 e. The molecular formula is C37H59N18O10+. The van der Waals surface area contributed by atoms with Gasteiger partial charge in [0.15, 0.2) is 29.8 Å². The first-order valence-corrected chi connectivity index (χ1v) is 18.9. The van der Waals surface area contributed by atoms with E-state index in [0.717, 1.165) is 28.6 Å². The van der Waals surface area contributed by atoms with Gasteiger partial charge < -0.3 is 46.3 Å². The summed E-state index contributed by atoms with van der Waals surface area (Å²) in [6, 6.07) is 0.850. The molecule has 0 radical (unpaired) electrons. The fourth-order valence-corrected chi connectivity index (χ4v) is 4.94.